The van der Waals surface area contributed by atoms with Crippen LogP contribution in [0.3, 0.4) is 0 Å². The standard InChI is InChI=1S/C18H19NO6/c1-23-12-5-6-13(15(9-12)24-2)14-4-3-7-19(14)17(20)16-8-11(10-25-16)18(21)22/h5-6,8-10,14H,3-4,7H2,1-2H3,(H,21,22). The van der Waals surface area contributed by atoms with E-state index in [0.717, 1.165) is 24.7 Å². The Morgan fingerprint density at radius 3 is 2.68 bits per heavy atom. The molecule has 1 aromatic heterocycles. The molecule has 1 amide bonds. The number of nitrogens with zero attached hydrogens (tertiary/aromatic N) is 1. The summed E-state index contributed by atoms with van der Waals surface area (Å²) < 4.78 is 15.8. The highest BCUT2D eigenvalue weighted by Gasteiger charge is 2.34. The lowest BCUT2D eigenvalue weighted by Crippen LogP contribution is -2.30. The van der Waals surface area contributed by atoms with E-state index < -0.39 is 5.97 Å². The quantitative estimate of drug-likeness (QED) is 0.896. The average molecular weight is 345 g/mol. The van der Waals surface area contributed by atoms with Gasteiger partial charge in [-0.05, 0) is 25.0 Å². The number of carbonyl (C=O) groups is 2. The van der Waals surface area contributed by atoms with Crippen LogP contribution < -0.4 is 9.47 Å². The van der Waals surface area contributed by atoms with Crippen molar-refractivity contribution in [2.45, 2.75) is 18.9 Å². The maximum absolute atomic E-state index is 12.8. The number of amides is 1. The predicted molar refractivity (Wildman–Crippen MR) is 88.2 cm³/mol. The summed E-state index contributed by atoms with van der Waals surface area (Å²) in [4.78, 5) is 25.4. The van der Waals surface area contributed by atoms with Gasteiger partial charge in [0.2, 0.25) is 0 Å². The molecule has 0 bridgehead atoms. The third kappa shape index (κ3) is 3.17. The van der Waals surface area contributed by atoms with Gasteiger partial charge in [-0.1, -0.05) is 0 Å². The number of methoxy groups -OCH3 is 2. The minimum Gasteiger partial charge on any atom is -0.497 e. The lowest BCUT2D eigenvalue weighted by molar-refractivity contribution is 0.0689. The van der Waals surface area contributed by atoms with Crippen LogP contribution in [0.4, 0.5) is 0 Å². The Balaban J connectivity index is 1.89. The van der Waals surface area contributed by atoms with Crippen molar-refractivity contribution in [1.82, 2.24) is 4.90 Å². The number of benzene rings is 1. The second-order valence-electron chi connectivity index (χ2n) is 5.77. The fourth-order valence-electron chi connectivity index (χ4n) is 3.13. The summed E-state index contributed by atoms with van der Waals surface area (Å²) in [7, 11) is 3.15. The first-order valence-corrected chi connectivity index (χ1v) is 7.90. The van der Waals surface area contributed by atoms with Crippen LogP contribution in [0.1, 0.15) is 45.4 Å². The van der Waals surface area contributed by atoms with Crippen molar-refractivity contribution in [2.75, 3.05) is 20.8 Å². The van der Waals surface area contributed by atoms with E-state index in [9.17, 15) is 9.59 Å². The van der Waals surface area contributed by atoms with E-state index in [-0.39, 0.29) is 23.3 Å². The topological polar surface area (TPSA) is 89.2 Å². The van der Waals surface area contributed by atoms with E-state index in [0.29, 0.717) is 18.0 Å². The molecule has 2 aromatic rings. The number of carboxylic acid groups (broad SMARTS) is 1. The van der Waals surface area contributed by atoms with Crippen molar-refractivity contribution in [2.24, 2.45) is 0 Å². The summed E-state index contributed by atoms with van der Waals surface area (Å²) in [6.45, 7) is 0.571. The van der Waals surface area contributed by atoms with E-state index in [1.165, 1.54) is 6.07 Å². The minimum absolute atomic E-state index is 0.0248. The van der Waals surface area contributed by atoms with E-state index >= 15 is 0 Å². The molecule has 7 heteroatoms. The molecule has 1 saturated heterocycles. The zero-order valence-electron chi connectivity index (χ0n) is 14.0. The Bertz CT molecular complexity index is 797. The third-order valence-corrected chi connectivity index (χ3v) is 4.37. The molecule has 1 aliphatic rings. The Kier molecular flexibility index (Phi) is 4.65. The first-order chi connectivity index (χ1) is 12.0. The molecular formula is C18H19NO6. The van der Waals surface area contributed by atoms with Gasteiger partial charge in [0.05, 0.1) is 25.8 Å². The molecule has 3 rings (SSSR count). The van der Waals surface area contributed by atoms with Gasteiger partial charge in [0, 0.05) is 24.2 Å². The van der Waals surface area contributed by atoms with Gasteiger partial charge in [0.1, 0.15) is 17.8 Å². The van der Waals surface area contributed by atoms with Crippen molar-refractivity contribution >= 4 is 11.9 Å². The third-order valence-electron chi connectivity index (χ3n) is 4.37. The molecular weight excluding hydrogens is 326 g/mol. The van der Waals surface area contributed by atoms with Crippen LogP contribution in [0.2, 0.25) is 0 Å². The van der Waals surface area contributed by atoms with Gasteiger partial charge in [-0.3, -0.25) is 4.79 Å². The minimum atomic E-state index is -1.13. The summed E-state index contributed by atoms with van der Waals surface area (Å²) in [6.07, 6.45) is 2.72. The molecule has 0 radical (unpaired) electrons. The van der Waals surface area contributed by atoms with Gasteiger partial charge >= 0.3 is 5.97 Å². The van der Waals surface area contributed by atoms with Crippen LogP contribution in [0, 0.1) is 0 Å². The van der Waals surface area contributed by atoms with Gasteiger partial charge < -0.3 is 23.9 Å². The maximum Gasteiger partial charge on any atom is 0.338 e. The number of likely N-dealkylation sites (tertiary alicyclic amines) is 1. The van der Waals surface area contributed by atoms with Crippen molar-refractivity contribution < 1.29 is 28.6 Å². The van der Waals surface area contributed by atoms with Crippen molar-refractivity contribution in [3.05, 3.63) is 47.4 Å². The first-order valence-electron chi connectivity index (χ1n) is 7.90. The average Bonchev–Trinajstić information content (AvgIpc) is 3.30. The van der Waals surface area contributed by atoms with Gasteiger partial charge in [0.25, 0.3) is 5.91 Å². The van der Waals surface area contributed by atoms with Crippen LogP contribution in [-0.4, -0.2) is 42.6 Å². The fourth-order valence-corrected chi connectivity index (χ4v) is 3.13. The van der Waals surface area contributed by atoms with Gasteiger partial charge in [-0.15, -0.1) is 0 Å². The van der Waals surface area contributed by atoms with Crippen molar-refractivity contribution in [3.63, 3.8) is 0 Å². The number of aromatic carboxylic acids is 1. The number of hydrogen-bond acceptors (Lipinski definition) is 5. The fraction of sp³-hybridized carbons (Fsp3) is 0.333. The highest BCUT2D eigenvalue weighted by molar-refractivity contribution is 5.95. The molecule has 1 aliphatic heterocycles. The smallest absolute Gasteiger partial charge is 0.338 e. The first kappa shape index (κ1) is 16.9. The molecule has 1 fully saturated rings. The second-order valence-corrected chi connectivity index (χ2v) is 5.77. The normalized spacial score (nSPS) is 16.7. The SMILES string of the molecule is COc1ccc(C2CCCN2C(=O)c2cc(C(=O)O)co2)c(OC)c1. The molecule has 1 atom stereocenters. The second kappa shape index (κ2) is 6.88. The van der Waals surface area contributed by atoms with Crippen LogP contribution >= 0.6 is 0 Å². The monoisotopic (exact) mass is 345 g/mol. The number of carbonyl (C=O) groups excluding carboxylic acids is 1. The van der Waals surface area contributed by atoms with E-state index in [1.807, 2.05) is 12.1 Å². The Morgan fingerprint density at radius 2 is 2.04 bits per heavy atom. The summed E-state index contributed by atoms with van der Waals surface area (Å²) in [6, 6.07) is 6.59. The summed E-state index contributed by atoms with van der Waals surface area (Å²) in [5.74, 6) is -0.106. The number of carboxylic acids is 1. The zero-order chi connectivity index (χ0) is 18.0. The molecule has 25 heavy (non-hydrogen) atoms. The lowest BCUT2D eigenvalue weighted by Gasteiger charge is -2.25. The van der Waals surface area contributed by atoms with E-state index in [4.69, 9.17) is 19.0 Å². The molecule has 1 unspecified atom stereocenters. The van der Waals surface area contributed by atoms with Crippen molar-refractivity contribution in [3.8, 4) is 11.5 Å². The molecule has 0 aliphatic carbocycles. The van der Waals surface area contributed by atoms with E-state index in [2.05, 4.69) is 0 Å². The molecule has 2 heterocycles. The molecule has 132 valence electrons. The highest BCUT2D eigenvalue weighted by atomic mass is 16.5. The molecule has 0 saturated carbocycles. The van der Waals surface area contributed by atoms with Gasteiger partial charge in [0.15, 0.2) is 5.76 Å². The summed E-state index contributed by atoms with van der Waals surface area (Å²) >= 11 is 0. The number of furan rings is 1. The number of ether oxygens (including phenoxy) is 2. The lowest BCUT2D eigenvalue weighted by atomic mass is 10.0. The van der Waals surface area contributed by atoms with E-state index in [1.54, 1.807) is 25.2 Å². The highest BCUT2D eigenvalue weighted by Crippen LogP contribution is 2.39. The van der Waals surface area contributed by atoms with Crippen LogP contribution in [0.15, 0.2) is 34.9 Å². The zero-order valence-corrected chi connectivity index (χ0v) is 14.0. The Morgan fingerprint density at radius 1 is 1.24 bits per heavy atom. The molecule has 1 N–H and O–H groups in total. The molecule has 1 aromatic carbocycles. The van der Waals surface area contributed by atoms with Gasteiger partial charge in [-0.2, -0.15) is 0 Å². The Hall–Kier alpha value is -2.96. The largest absolute Gasteiger partial charge is 0.497 e. The number of hydrogen-bond donors (Lipinski definition) is 1. The summed E-state index contributed by atoms with van der Waals surface area (Å²) in [5.41, 5.74) is 0.847. The van der Waals surface area contributed by atoms with Crippen LogP contribution in [0.5, 0.6) is 11.5 Å². The van der Waals surface area contributed by atoms with Crippen LogP contribution in [0.25, 0.3) is 0 Å². The number of rotatable bonds is 5. The molecule has 0 spiro atoms. The summed E-state index contributed by atoms with van der Waals surface area (Å²) in [5, 5.41) is 8.98. The Labute approximate surface area is 144 Å². The van der Waals surface area contributed by atoms with Crippen molar-refractivity contribution in [1.29, 1.82) is 0 Å². The predicted octanol–water partition coefficient (Wildman–Crippen LogP) is 2.97. The maximum atomic E-state index is 12.8. The van der Waals surface area contributed by atoms with Gasteiger partial charge in [-0.25, -0.2) is 4.79 Å². The van der Waals surface area contributed by atoms with Crippen LogP contribution in [-0.2, 0) is 0 Å². The molecule has 7 nitrogen and oxygen atoms in total.